The summed E-state index contributed by atoms with van der Waals surface area (Å²) in [6, 6.07) is 9.55. The molecule has 1 fully saturated rings. The van der Waals surface area contributed by atoms with Crippen molar-refractivity contribution in [3.63, 3.8) is 0 Å². The summed E-state index contributed by atoms with van der Waals surface area (Å²) in [4.78, 5) is 2.61. The van der Waals surface area contributed by atoms with Crippen LogP contribution in [0.25, 0.3) is 0 Å². The Hall–Kier alpha value is -1.02. The number of benzene rings is 1. The zero-order chi connectivity index (χ0) is 13.1. The number of fused-ring (bicyclic) bond motifs is 1. The molecule has 0 aromatic heterocycles. The normalized spacial score (nSPS) is 22.4. The Balaban J connectivity index is 1.70. The fraction of sp³-hybridized carbons (Fsp3) is 0.647. The van der Waals surface area contributed by atoms with E-state index in [0.717, 1.165) is 12.5 Å². The van der Waals surface area contributed by atoms with Crippen molar-refractivity contribution >= 4 is 5.69 Å². The molecule has 104 valence electrons. The van der Waals surface area contributed by atoms with Crippen LogP contribution in [0.4, 0.5) is 5.69 Å². The second kappa shape index (κ2) is 5.96. The van der Waals surface area contributed by atoms with Crippen LogP contribution in [0.5, 0.6) is 0 Å². The third kappa shape index (κ3) is 3.11. The fourth-order valence-electron chi connectivity index (χ4n) is 3.14. The van der Waals surface area contributed by atoms with Gasteiger partial charge in [0.05, 0.1) is 0 Å². The molecule has 0 radical (unpaired) electrons. The second-order valence-corrected chi connectivity index (χ2v) is 6.07. The van der Waals surface area contributed by atoms with E-state index in [1.807, 2.05) is 0 Å². The van der Waals surface area contributed by atoms with Crippen LogP contribution in [0.1, 0.15) is 50.6 Å². The number of nitrogens with zero attached hydrogens (tertiary/aromatic N) is 1. The zero-order valence-corrected chi connectivity index (χ0v) is 12.1. The van der Waals surface area contributed by atoms with Gasteiger partial charge in [0.1, 0.15) is 0 Å². The molecule has 1 aliphatic carbocycles. The standard InChI is InChI=1S/C17H26N2/c1-2-11-18-16-10-13-19(12-9-14-7-8-14)17-6-4-3-5-15(16)17/h3-6,14,16,18H,2,7-13H2,1H3. The van der Waals surface area contributed by atoms with E-state index in [4.69, 9.17) is 0 Å². The van der Waals surface area contributed by atoms with Crippen LogP contribution in [-0.2, 0) is 0 Å². The molecule has 0 bridgehead atoms. The van der Waals surface area contributed by atoms with Crippen molar-refractivity contribution in [2.75, 3.05) is 24.5 Å². The van der Waals surface area contributed by atoms with Crippen molar-refractivity contribution < 1.29 is 0 Å². The van der Waals surface area contributed by atoms with Crippen LogP contribution in [-0.4, -0.2) is 19.6 Å². The SMILES string of the molecule is CCCNC1CCN(CCC2CC2)c2ccccc21. The molecule has 1 aromatic rings. The Morgan fingerprint density at radius 3 is 2.84 bits per heavy atom. The molecule has 2 heteroatoms. The molecular formula is C17H26N2. The van der Waals surface area contributed by atoms with Crippen molar-refractivity contribution in [3.8, 4) is 0 Å². The van der Waals surface area contributed by atoms with Gasteiger partial charge in [-0.2, -0.15) is 0 Å². The van der Waals surface area contributed by atoms with Gasteiger partial charge in [-0.15, -0.1) is 0 Å². The number of hydrogen-bond donors (Lipinski definition) is 1. The number of nitrogens with one attached hydrogen (secondary N) is 1. The summed E-state index contributed by atoms with van der Waals surface area (Å²) >= 11 is 0. The van der Waals surface area contributed by atoms with E-state index in [9.17, 15) is 0 Å². The first-order valence-electron chi connectivity index (χ1n) is 7.95. The molecule has 1 heterocycles. The molecule has 1 saturated carbocycles. The van der Waals surface area contributed by atoms with Crippen molar-refractivity contribution in [1.82, 2.24) is 5.32 Å². The zero-order valence-electron chi connectivity index (χ0n) is 12.1. The highest BCUT2D eigenvalue weighted by Gasteiger charge is 2.26. The lowest BCUT2D eigenvalue weighted by Crippen LogP contribution is -2.36. The summed E-state index contributed by atoms with van der Waals surface area (Å²) in [6.45, 7) is 5.83. The van der Waals surface area contributed by atoms with Gasteiger partial charge in [-0.25, -0.2) is 0 Å². The van der Waals surface area contributed by atoms with E-state index in [0.29, 0.717) is 6.04 Å². The minimum absolute atomic E-state index is 0.563. The molecule has 3 rings (SSSR count). The van der Waals surface area contributed by atoms with Crippen molar-refractivity contribution in [2.45, 2.75) is 45.1 Å². The number of rotatable bonds is 6. The largest absolute Gasteiger partial charge is 0.371 e. The van der Waals surface area contributed by atoms with Crippen LogP contribution in [0.15, 0.2) is 24.3 Å². The molecule has 0 saturated heterocycles. The molecule has 0 amide bonds. The second-order valence-electron chi connectivity index (χ2n) is 6.07. The van der Waals surface area contributed by atoms with Gasteiger partial charge in [0.15, 0.2) is 0 Å². The molecule has 2 aliphatic rings. The molecule has 1 atom stereocenters. The smallest absolute Gasteiger partial charge is 0.0414 e. The predicted molar refractivity (Wildman–Crippen MR) is 81.6 cm³/mol. The minimum Gasteiger partial charge on any atom is -0.371 e. The maximum Gasteiger partial charge on any atom is 0.0414 e. The molecule has 19 heavy (non-hydrogen) atoms. The van der Waals surface area contributed by atoms with E-state index in [1.54, 1.807) is 0 Å². The van der Waals surface area contributed by atoms with Gasteiger partial charge in [-0.3, -0.25) is 0 Å². The first-order valence-corrected chi connectivity index (χ1v) is 7.95. The molecule has 2 nitrogen and oxygen atoms in total. The maximum atomic E-state index is 3.70. The molecule has 1 N–H and O–H groups in total. The summed E-state index contributed by atoms with van der Waals surface area (Å²) in [5.41, 5.74) is 2.99. The average molecular weight is 258 g/mol. The Morgan fingerprint density at radius 2 is 2.05 bits per heavy atom. The van der Waals surface area contributed by atoms with Gasteiger partial charge >= 0.3 is 0 Å². The van der Waals surface area contributed by atoms with Gasteiger partial charge in [0, 0.05) is 24.8 Å². The predicted octanol–water partition coefficient (Wildman–Crippen LogP) is 3.74. The van der Waals surface area contributed by atoms with Crippen LogP contribution in [0.2, 0.25) is 0 Å². The maximum absolute atomic E-state index is 3.70. The first-order chi connectivity index (χ1) is 9.38. The lowest BCUT2D eigenvalue weighted by Gasteiger charge is -2.36. The summed E-state index contributed by atoms with van der Waals surface area (Å²) < 4.78 is 0. The quantitative estimate of drug-likeness (QED) is 0.836. The monoisotopic (exact) mass is 258 g/mol. The third-order valence-electron chi connectivity index (χ3n) is 4.49. The number of para-hydroxylation sites is 1. The Kier molecular flexibility index (Phi) is 4.07. The summed E-state index contributed by atoms with van der Waals surface area (Å²) in [7, 11) is 0. The molecule has 1 unspecified atom stereocenters. The fourth-order valence-corrected chi connectivity index (χ4v) is 3.14. The molecule has 1 aliphatic heterocycles. The van der Waals surface area contributed by atoms with Crippen LogP contribution >= 0.6 is 0 Å². The highest BCUT2D eigenvalue weighted by molar-refractivity contribution is 5.57. The van der Waals surface area contributed by atoms with Gasteiger partial charge in [-0.05, 0) is 43.4 Å². The Bertz CT molecular complexity index is 411. The first kappa shape index (κ1) is 13.0. The van der Waals surface area contributed by atoms with E-state index in [-0.39, 0.29) is 0 Å². The number of anilines is 1. The van der Waals surface area contributed by atoms with Gasteiger partial charge in [-0.1, -0.05) is 38.0 Å². The van der Waals surface area contributed by atoms with E-state index >= 15 is 0 Å². The van der Waals surface area contributed by atoms with E-state index in [2.05, 4.69) is 41.4 Å². The Labute approximate surface area is 117 Å². The molecule has 1 aromatic carbocycles. The minimum atomic E-state index is 0.563. The lowest BCUT2D eigenvalue weighted by atomic mass is 9.96. The van der Waals surface area contributed by atoms with Gasteiger partial charge in [0.2, 0.25) is 0 Å². The van der Waals surface area contributed by atoms with Crippen molar-refractivity contribution in [1.29, 1.82) is 0 Å². The lowest BCUT2D eigenvalue weighted by molar-refractivity contribution is 0.474. The van der Waals surface area contributed by atoms with Crippen LogP contribution < -0.4 is 10.2 Å². The molecule has 0 spiro atoms. The van der Waals surface area contributed by atoms with E-state index < -0.39 is 0 Å². The topological polar surface area (TPSA) is 15.3 Å². The average Bonchev–Trinajstić information content (AvgIpc) is 3.27. The van der Waals surface area contributed by atoms with E-state index in [1.165, 1.54) is 56.4 Å². The van der Waals surface area contributed by atoms with Crippen LogP contribution in [0, 0.1) is 5.92 Å². The van der Waals surface area contributed by atoms with Gasteiger partial charge < -0.3 is 10.2 Å². The summed E-state index contributed by atoms with van der Waals surface area (Å²) in [5, 5.41) is 3.70. The van der Waals surface area contributed by atoms with Crippen LogP contribution in [0.3, 0.4) is 0 Å². The summed E-state index contributed by atoms with van der Waals surface area (Å²) in [6.07, 6.45) is 6.79. The van der Waals surface area contributed by atoms with Crippen molar-refractivity contribution in [3.05, 3.63) is 29.8 Å². The molecular weight excluding hydrogens is 232 g/mol. The Morgan fingerprint density at radius 1 is 1.21 bits per heavy atom. The summed E-state index contributed by atoms with van der Waals surface area (Å²) in [5.74, 6) is 1.03. The van der Waals surface area contributed by atoms with Gasteiger partial charge in [0.25, 0.3) is 0 Å². The highest BCUT2D eigenvalue weighted by Crippen LogP contribution is 2.36. The number of hydrogen-bond acceptors (Lipinski definition) is 2. The highest BCUT2D eigenvalue weighted by atomic mass is 15.1. The third-order valence-corrected chi connectivity index (χ3v) is 4.49. The van der Waals surface area contributed by atoms with Crippen molar-refractivity contribution in [2.24, 2.45) is 5.92 Å².